The van der Waals surface area contributed by atoms with Gasteiger partial charge in [-0.15, -0.1) is 0 Å². The van der Waals surface area contributed by atoms with E-state index in [9.17, 15) is 26.3 Å². The second-order valence-corrected chi connectivity index (χ2v) is 8.61. The molecule has 1 unspecified atom stereocenters. The molecule has 33 heavy (non-hydrogen) atoms. The van der Waals surface area contributed by atoms with Gasteiger partial charge in [0, 0.05) is 23.5 Å². The van der Waals surface area contributed by atoms with Crippen LogP contribution in [0, 0.1) is 34.9 Å². The van der Waals surface area contributed by atoms with E-state index in [2.05, 4.69) is 10.1 Å². The predicted octanol–water partition coefficient (Wildman–Crippen LogP) is 5.67. The number of hydrogen-bond acceptors (Lipinski definition) is 4. The van der Waals surface area contributed by atoms with Gasteiger partial charge < -0.3 is 9.26 Å². The molecule has 176 valence electrons. The largest absolute Gasteiger partial charge is 0.484 e. The number of aromatic nitrogens is 1. The van der Waals surface area contributed by atoms with Gasteiger partial charge in [0.05, 0.1) is 5.69 Å². The van der Waals surface area contributed by atoms with Crippen molar-refractivity contribution in [3.63, 3.8) is 0 Å². The molecule has 2 aromatic carbocycles. The number of aryl methyl sites for hydroxylation is 1. The first-order chi connectivity index (χ1) is 15.8. The van der Waals surface area contributed by atoms with Gasteiger partial charge in [0.25, 0.3) is 0 Å². The highest BCUT2D eigenvalue weighted by atomic mass is 19.2. The SMILES string of the molecule is Fc1ccc2c(CCCN3[C@@H]4CC[C@H]3CC(Oc3c(F)c(F)c(F)c(F)c3F)C4)noc2c1. The molecule has 2 aliphatic heterocycles. The van der Waals surface area contributed by atoms with E-state index in [0.717, 1.165) is 36.9 Å². The van der Waals surface area contributed by atoms with Crippen LogP contribution in [0.4, 0.5) is 26.3 Å². The molecule has 2 saturated heterocycles. The van der Waals surface area contributed by atoms with E-state index >= 15 is 0 Å². The molecule has 0 radical (unpaired) electrons. The van der Waals surface area contributed by atoms with Gasteiger partial charge in [-0.2, -0.15) is 8.78 Å². The molecule has 3 atom stereocenters. The third-order valence-corrected chi connectivity index (χ3v) is 6.63. The molecule has 5 rings (SSSR count). The monoisotopic (exact) mass is 470 g/mol. The van der Waals surface area contributed by atoms with Gasteiger partial charge in [0.15, 0.2) is 11.3 Å². The van der Waals surface area contributed by atoms with Crippen LogP contribution in [0.15, 0.2) is 22.7 Å². The maximum absolute atomic E-state index is 14.0. The van der Waals surface area contributed by atoms with Gasteiger partial charge in [-0.05, 0) is 57.2 Å². The highest BCUT2D eigenvalue weighted by Gasteiger charge is 2.42. The van der Waals surface area contributed by atoms with E-state index < -0.39 is 46.8 Å². The van der Waals surface area contributed by atoms with Gasteiger partial charge in [-0.3, -0.25) is 4.90 Å². The predicted molar refractivity (Wildman–Crippen MR) is 106 cm³/mol. The van der Waals surface area contributed by atoms with Crippen molar-refractivity contribution < 1.29 is 35.6 Å². The van der Waals surface area contributed by atoms with Gasteiger partial charge >= 0.3 is 0 Å². The Morgan fingerprint density at radius 3 is 2.21 bits per heavy atom. The van der Waals surface area contributed by atoms with Crippen LogP contribution in [0.1, 0.15) is 37.8 Å². The lowest BCUT2D eigenvalue weighted by molar-refractivity contribution is 0.0433. The Morgan fingerprint density at radius 2 is 1.55 bits per heavy atom. The number of piperidine rings is 1. The first kappa shape index (κ1) is 22.1. The fraction of sp³-hybridized carbons (Fsp3) is 0.435. The topological polar surface area (TPSA) is 38.5 Å². The summed E-state index contributed by atoms with van der Waals surface area (Å²) < 4.78 is 92.0. The summed E-state index contributed by atoms with van der Waals surface area (Å²) in [6.07, 6.45) is 3.38. The summed E-state index contributed by atoms with van der Waals surface area (Å²) in [6, 6.07) is 4.49. The van der Waals surface area contributed by atoms with Crippen molar-refractivity contribution in [3.05, 3.63) is 58.8 Å². The molecule has 0 saturated carbocycles. The van der Waals surface area contributed by atoms with Crippen LogP contribution < -0.4 is 4.74 Å². The molecule has 0 N–H and O–H groups in total. The van der Waals surface area contributed by atoms with Crippen LogP contribution in [0.25, 0.3) is 11.0 Å². The number of ether oxygens (including phenoxy) is 1. The number of rotatable bonds is 6. The third-order valence-electron chi connectivity index (χ3n) is 6.63. The minimum absolute atomic E-state index is 0.0955. The van der Waals surface area contributed by atoms with Crippen molar-refractivity contribution in [1.29, 1.82) is 0 Å². The van der Waals surface area contributed by atoms with E-state index in [1.54, 1.807) is 6.07 Å². The molecule has 0 spiro atoms. The summed E-state index contributed by atoms with van der Waals surface area (Å²) in [6.45, 7) is 0.750. The summed E-state index contributed by atoms with van der Waals surface area (Å²) in [7, 11) is 0. The lowest BCUT2D eigenvalue weighted by Gasteiger charge is -2.39. The molecule has 2 bridgehead atoms. The second-order valence-electron chi connectivity index (χ2n) is 8.61. The smallest absolute Gasteiger partial charge is 0.207 e. The number of nitrogens with zero attached hydrogens (tertiary/aromatic N) is 2. The van der Waals surface area contributed by atoms with Crippen LogP contribution >= 0.6 is 0 Å². The van der Waals surface area contributed by atoms with Crippen molar-refractivity contribution in [3.8, 4) is 5.75 Å². The molecule has 1 aromatic heterocycles. The third kappa shape index (κ3) is 3.94. The molecular formula is C23H20F6N2O2. The van der Waals surface area contributed by atoms with E-state index in [-0.39, 0.29) is 12.1 Å². The summed E-state index contributed by atoms with van der Waals surface area (Å²) >= 11 is 0. The van der Waals surface area contributed by atoms with Crippen molar-refractivity contribution >= 4 is 11.0 Å². The van der Waals surface area contributed by atoms with E-state index in [1.807, 2.05) is 0 Å². The fourth-order valence-corrected chi connectivity index (χ4v) is 5.11. The van der Waals surface area contributed by atoms with Crippen molar-refractivity contribution in [2.24, 2.45) is 0 Å². The maximum atomic E-state index is 14.0. The molecular weight excluding hydrogens is 450 g/mol. The lowest BCUT2D eigenvalue weighted by atomic mass is 9.99. The average molecular weight is 470 g/mol. The highest BCUT2D eigenvalue weighted by Crippen LogP contribution is 2.39. The van der Waals surface area contributed by atoms with Crippen LogP contribution in [0.2, 0.25) is 0 Å². The molecule has 0 amide bonds. The number of fused-ring (bicyclic) bond motifs is 3. The Hall–Kier alpha value is -2.75. The normalized spacial score (nSPS) is 22.9. The van der Waals surface area contributed by atoms with Gasteiger partial charge in [0.1, 0.15) is 11.9 Å². The van der Waals surface area contributed by atoms with E-state index in [1.165, 1.54) is 12.1 Å². The second kappa shape index (κ2) is 8.55. The van der Waals surface area contributed by atoms with Crippen LogP contribution in [0.5, 0.6) is 5.75 Å². The molecule has 2 fully saturated rings. The van der Waals surface area contributed by atoms with Crippen LogP contribution in [-0.4, -0.2) is 34.8 Å². The van der Waals surface area contributed by atoms with E-state index in [4.69, 9.17) is 9.26 Å². The summed E-state index contributed by atoms with van der Waals surface area (Å²) in [4.78, 5) is 2.31. The summed E-state index contributed by atoms with van der Waals surface area (Å²) in [5.41, 5.74) is 1.15. The fourth-order valence-electron chi connectivity index (χ4n) is 5.11. The molecule has 3 aromatic rings. The first-order valence-electron chi connectivity index (χ1n) is 10.8. The molecule has 3 heterocycles. The Balaban J connectivity index is 1.21. The van der Waals surface area contributed by atoms with Gasteiger partial charge in [0.2, 0.25) is 29.1 Å². The molecule has 2 aliphatic rings. The van der Waals surface area contributed by atoms with Crippen LogP contribution in [-0.2, 0) is 6.42 Å². The Kier molecular flexibility index (Phi) is 5.72. The minimum atomic E-state index is -2.20. The number of benzene rings is 2. The van der Waals surface area contributed by atoms with E-state index in [0.29, 0.717) is 24.8 Å². The van der Waals surface area contributed by atoms with Crippen molar-refractivity contribution in [1.82, 2.24) is 10.1 Å². The Labute approximate surface area is 185 Å². The zero-order valence-corrected chi connectivity index (χ0v) is 17.4. The van der Waals surface area contributed by atoms with Crippen molar-refractivity contribution in [2.45, 2.75) is 56.7 Å². The number of hydrogen-bond donors (Lipinski definition) is 0. The highest BCUT2D eigenvalue weighted by molar-refractivity contribution is 5.79. The minimum Gasteiger partial charge on any atom is -0.484 e. The summed E-state index contributed by atoms with van der Waals surface area (Å²) in [5, 5.41) is 4.80. The quantitative estimate of drug-likeness (QED) is 0.264. The zero-order chi connectivity index (χ0) is 23.3. The van der Waals surface area contributed by atoms with Gasteiger partial charge in [-0.1, -0.05) is 5.16 Å². The molecule has 4 nitrogen and oxygen atoms in total. The van der Waals surface area contributed by atoms with Gasteiger partial charge in [-0.25, -0.2) is 17.6 Å². The standard InChI is InChI=1S/C23H20F6N2O2/c24-11-3-6-15-16(30-33-17(15)8-11)2-1-7-31-12-4-5-13(31)10-14(9-12)32-23-21(28)19(26)18(25)20(27)22(23)29/h3,6,8,12-14H,1-2,4-5,7,9-10H2/t12-,13+,14?. The molecule has 10 heteroatoms. The molecule has 0 aliphatic carbocycles. The van der Waals surface area contributed by atoms with Crippen molar-refractivity contribution in [2.75, 3.05) is 6.54 Å². The maximum Gasteiger partial charge on any atom is 0.207 e. The van der Waals surface area contributed by atoms with Crippen LogP contribution in [0.3, 0.4) is 0 Å². The zero-order valence-electron chi connectivity index (χ0n) is 17.4. The summed E-state index contributed by atoms with van der Waals surface area (Å²) in [5.74, 6) is -11.7. The average Bonchev–Trinajstić information content (AvgIpc) is 3.30. The number of halogens is 6. The lowest BCUT2D eigenvalue weighted by Crippen LogP contribution is -2.46. The Morgan fingerprint density at radius 1 is 0.909 bits per heavy atom. The first-order valence-corrected chi connectivity index (χ1v) is 10.8. The Bertz CT molecular complexity index is 1160.